The number of hydrogen-bond donors (Lipinski definition) is 2. The average molecular weight is 375 g/mol. The largest absolute Gasteiger partial charge is 0.378 e. The molecular formula is C20H34N6O. The number of nitrogens with one attached hydrogen (secondary N) is 2. The van der Waals surface area contributed by atoms with Crippen molar-refractivity contribution in [2.75, 3.05) is 57.9 Å². The molecular weight excluding hydrogens is 340 g/mol. The van der Waals surface area contributed by atoms with Crippen LogP contribution in [0.5, 0.6) is 0 Å². The summed E-state index contributed by atoms with van der Waals surface area (Å²) in [5, 5.41) is 7.07. The fourth-order valence-electron chi connectivity index (χ4n) is 3.81. The van der Waals surface area contributed by atoms with Gasteiger partial charge in [-0.2, -0.15) is 0 Å². The first-order valence-corrected chi connectivity index (χ1v) is 10.3. The number of morpholine rings is 1. The van der Waals surface area contributed by atoms with Crippen molar-refractivity contribution in [1.29, 1.82) is 0 Å². The Morgan fingerprint density at radius 1 is 1.26 bits per heavy atom. The number of nitrogens with zero attached hydrogens (tertiary/aromatic N) is 4. The van der Waals surface area contributed by atoms with Gasteiger partial charge in [-0.05, 0) is 31.9 Å². The first-order chi connectivity index (χ1) is 13.3. The van der Waals surface area contributed by atoms with E-state index in [2.05, 4.69) is 43.4 Å². The van der Waals surface area contributed by atoms with Gasteiger partial charge in [0.25, 0.3) is 0 Å². The highest BCUT2D eigenvalue weighted by atomic mass is 16.5. The molecule has 0 spiro atoms. The maximum atomic E-state index is 5.47. The third-order valence-electron chi connectivity index (χ3n) is 5.32. The number of hydrogen-bond acceptors (Lipinski definition) is 5. The molecule has 0 unspecified atom stereocenters. The van der Waals surface area contributed by atoms with E-state index in [4.69, 9.17) is 4.74 Å². The van der Waals surface area contributed by atoms with E-state index in [9.17, 15) is 0 Å². The Morgan fingerprint density at radius 2 is 2.04 bits per heavy atom. The summed E-state index contributed by atoms with van der Waals surface area (Å²) in [6.07, 6.45) is 5.45. The first-order valence-electron chi connectivity index (χ1n) is 10.3. The van der Waals surface area contributed by atoms with E-state index >= 15 is 0 Å². The molecule has 1 aromatic rings. The fourth-order valence-corrected chi connectivity index (χ4v) is 3.81. The smallest absolute Gasteiger partial charge is 0.191 e. The van der Waals surface area contributed by atoms with Gasteiger partial charge in [0, 0.05) is 57.6 Å². The van der Waals surface area contributed by atoms with Gasteiger partial charge in [-0.25, -0.2) is 4.98 Å². The number of rotatable bonds is 6. The van der Waals surface area contributed by atoms with E-state index in [0.717, 1.165) is 44.6 Å². The van der Waals surface area contributed by atoms with E-state index in [1.807, 2.05) is 19.3 Å². The van der Waals surface area contributed by atoms with Crippen molar-refractivity contribution in [3.05, 3.63) is 23.9 Å². The highest BCUT2D eigenvalue weighted by Crippen LogP contribution is 2.18. The van der Waals surface area contributed by atoms with Crippen molar-refractivity contribution in [2.45, 2.75) is 38.8 Å². The topological polar surface area (TPSA) is 65.0 Å². The molecule has 150 valence electrons. The molecule has 2 saturated heterocycles. The number of guanidine groups is 1. The highest BCUT2D eigenvalue weighted by Gasteiger charge is 2.20. The van der Waals surface area contributed by atoms with Crippen LogP contribution in [0.25, 0.3) is 0 Å². The number of likely N-dealkylation sites (tertiary alicyclic amines) is 1. The van der Waals surface area contributed by atoms with Crippen molar-refractivity contribution in [1.82, 2.24) is 20.5 Å². The zero-order valence-corrected chi connectivity index (χ0v) is 16.8. The lowest BCUT2D eigenvalue weighted by Crippen LogP contribution is -2.48. The number of ether oxygens (including phenoxy) is 1. The molecule has 2 aliphatic rings. The second-order valence-corrected chi connectivity index (χ2v) is 7.27. The van der Waals surface area contributed by atoms with Gasteiger partial charge in [0.15, 0.2) is 5.96 Å². The van der Waals surface area contributed by atoms with E-state index in [-0.39, 0.29) is 0 Å². The summed E-state index contributed by atoms with van der Waals surface area (Å²) in [4.78, 5) is 13.9. The molecule has 2 fully saturated rings. The Morgan fingerprint density at radius 3 is 2.74 bits per heavy atom. The van der Waals surface area contributed by atoms with Crippen LogP contribution < -0.4 is 15.5 Å². The molecule has 7 heteroatoms. The molecule has 0 saturated carbocycles. The lowest BCUT2D eigenvalue weighted by Gasteiger charge is -2.33. The van der Waals surface area contributed by atoms with Crippen molar-refractivity contribution in [2.24, 2.45) is 4.99 Å². The minimum atomic E-state index is 0.497. The van der Waals surface area contributed by atoms with Crippen LogP contribution in [0.15, 0.2) is 23.3 Å². The Hall–Kier alpha value is -1.86. The zero-order valence-electron chi connectivity index (χ0n) is 16.8. The van der Waals surface area contributed by atoms with Gasteiger partial charge in [-0.15, -0.1) is 0 Å². The molecule has 3 rings (SSSR count). The maximum Gasteiger partial charge on any atom is 0.191 e. The summed E-state index contributed by atoms with van der Waals surface area (Å²) in [7, 11) is 1.84. The number of aromatic nitrogens is 1. The first kappa shape index (κ1) is 19.9. The summed E-state index contributed by atoms with van der Waals surface area (Å²) in [6, 6.07) is 4.64. The summed E-state index contributed by atoms with van der Waals surface area (Å²) in [5.74, 6) is 1.93. The van der Waals surface area contributed by atoms with Crippen LogP contribution in [0.1, 0.15) is 31.7 Å². The quantitative estimate of drug-likeness (QED) is 0.581. The molecule has 0 bridgehead atoms. The van der Waals surface area contributed by atoms with Crippen LogP contribution in [0.4, 0.5) is 5.82 Å². The fraction of sp³-hybridized carbons (Fsp3) is 0.700. The van der Waals surface area contributed by atoms with Gasteiger partial charge >= 0.3 is 0 Å². The van der Waals surface area contributed by atoms with Crippen molar-refractivity contribution in [3.63, 3.8) is 0 Å². The highest BCUT2D eigenvalue weighted by molar-refractivity contribution is 5.80. The van der Waals surface area contributed by atoms with Crippen LogP contribution >= 0.6 is 0 Å². The molecule has 0 radical (unpaired) electrons. The normalized spacial score (nSPS) is 19.9. The van der Waals surface area contributed by atoms with Gasteiger partial charge in [-0.3, -0.25) is 4.99 Å². The number of anilines is 1. The molecule has 7 nitrogen and oxygen atoms in total. The summed E-state index contributed by atoms with van der Waals surface area (Å²) in [5.41, 5.74) is 1.19. The maximum absolute atomic E-state index is 5.47. The molecule has 3 heterocycles. The van der Waals surface area contributed by atoms with Crippen LogP contribution in [-0.2, 0) is 11.3 Å². The molecule has 2 aliphatic heterocycles. The van der Waals surface area contributed by atoms with Crippen LogP contribution in [0.2, 0.25) is 0 Å². The number of piperidine rings is 1. The van der Waals surface area contributed by atoms with Crippen LogP contribution in [0.3, 0.4) is 0 Å². The molecule has 27 heavy (non-hydrogen) atoms. The lowest BCUT2D eigenvalue weighted by molar-refractivity contribution is 0.122. The summed E-state index contributed by atoms with van der Waals surface area (Å²) in [6.45, 7) is 9.85. The van der Waals surface area contributed by atoms with E-state index in [1.165, 1.54) is 44.5 Å². The van der Waals surface area contributed by atoms with Gasteiger partial charge in [0.05, 0.1) is 13.2 Å². The summed E-state index contributed by atoms with van der Waals surface area (Å²) < 4.78 is 5.47. The Kier molecular flexibility index (Phi) is 7.71. The monoisotopic (exact) mass is 374 g/mol. The molecule has 2 N–H and O–H groups in total. The second-order valence-electron chi connectivity index (χ2n) is 7.27. The molecule has 0 atom stereocenters. The molecule has 0 aliphatic carbocycles. The molecule has 1 aromatic heterocycles. The minimum Gasteiger partial charge on any atom is -0.378 e. The summed E-state index contributed by atoms with van der Waals surface area (Å²) >= 11 is 0. The van der Waals surface area contributed by atoms with Crippen molar-refractivity contribution >= 4 is 11.8 Å². The standard InChI is InChI=1S/C20H34N6O/c1-3-9-25-10-6-18(7-11-25)24-20(21-2)23-16-17-5-4-8-22-19(17)26-12-14-27-15-13-26/h4-5,8,18H,3,6-7,9-16H2,1-2H3,(H2,21,23,24). The predicted molar refractivity (Wildman–Crippen MR) is 110 cm³/mol. The average Bonchev–Trinajstić information content (AvgIpc) is 2.73. The number of pyridine rings is 1. The van der Waals surface area contributed by atoms with E-state index in [1.54, 1.807) is 0 Å². The van der Waals surface area contributed by atoms with Gasteiger partial charge in [0.2, 0.25) is 0 Å². The Balaban J connectivity index is 1.51. The zero-order chi connectivity index (χ0) is 18.9. The van der Waals surface area contributed by atoms with Crippen molar-refractivity contribution < 1.29 is 4.74 Å². The third kappa shape index (κ3) is 5.81. The second kappa shape index (κ2) is 10.5. The lowest BCUT2D eigenvalue weighted by atomic mass is 10.1. The SMILES string of the molecule is CCCN1CCC(NC(=NC)NCc2cccnc2N2CCOCC2)CC1. The van der Waals surface area contributed by atoms with Gasteiger partial charge in [0.1, 0.15) is 5.82 Å². The number of aliphatic imine (C=N–C) groups is 1. The van der Waals surface area contributed by atoms with E-state index < -0.39 is 0 Å². The van der Waals surface area contributed by atoms with Gasteiger partial charge < -0.3 is 25.2 Å². The molecule has 0 aromatic carbocycles. The van der Waals surface area contributed by atoms with Crippen LogP contribution in [0, 0.1) is 0 Å². The van der Waals surface area contributed by atoms with Crippen molar-refractivity contribution in [3.8, 4) is 0 Å². The third-order valence-corrected chi connectivity index (χ3v) is 5.32. The Labute approximate surface area is 163 Å². The van der Waals surface area contributed by atoms with Crippen LogP contribution in [-0.4, -0.2) is 74.9 Å². The van der Waals surface area contributed by atoms with Gasteiger partial charge in [-0.1, -0.05) is 13.0 Å². The van der Waals surface area contributed by atoms with E-state index in [0.29, 0.717) is 6.04 Å². The predicted octanol–water partition coefficient (Wildman–Crippen LogP) is 1.46. The molecule has 0 amide bonds. The minimum absolute atomic E-state index is 0.497. The Bertz CT molecular complexity index is 594.